The Morgan fingerprint density at radius 3 is 2.74 bits per heavy atom. The first-order valence-corrected chi connectivity index (χ1v) is 10.0. The predicted molar refractivity (Wildman–Crippen MR) is 106 cm³/mol. The van der Waals surface area contributed by atoms with Crippen molar-refractivity contribution in [3.8, 4) is 0 Å². The van der Waals surface area contributed by atoms with Crippen molar-refractivity contribution in [1.29, 1.82) is 0 Å². The highest BCUT2D eigenvalue weighted by molar-refractivity contribution is 5.92. The fourth-order valence-corrected chi connectivity index (χ4v) is 3.30. The smallest absolute Gasteiger partial charge is 0.269 e. The minimum Gasteiger partial charge on any atom is -0.352 e. The van der Waals surface area contributed by atoms with Crippen molar-refractivity contribution in [2.75, 3.05) is 0 Å². The van der Waals surface area contributed by atoms with Crippen LogP contribution >= 0.6 is 0 Å². The zero-order valence-electron chi connectivity index (χ0n) is 17.2. The lowest BCUT2D eigenvalue weighted by Gasteiger charge is -2.10. The van der Waals surface area contributed by atoms with Crippen LogP contribution in [0.4, 0.5) is 8.78 Å². The quantitative estimate of drug-likeness (QED) is 0.568. The lowest BCUT2D eigenvalue weighted by Crippen LogP contribution is -2.26. The summed E-state index contributed by atoms with van der Waals surface area (Å²) in [7, 11) is 0. The molecule has 1 saturated carbocycles. The van der Waals surface area contributed by atoms with Gasteiger partial charge in [-0.05, 0) is 31.5 Å². The van der Waals surface area contributed by atoms with E-state index in [-0.39, 0.29) is 37.9 Å². The summed E-state index contributed by atoms with van der Waals surface area (Å²) in [5.74, 6) is -4.21. The van der Waals surface area contributed by atoms with Gasteiger partial charge in [-0.1, -0.05) is 0 Å². The number of alkyl halides is 2. The van der Waals surface area contributed by atoms with Crippen LogP contribution in [0.5, 0.6) is 0 Å². The number of imidazole rings is 1. The highest BCUT2D eigenvalue weighted by atomic mass is 19.3. The van der Waals surface area contributed by atoms with Crippen LogP contribution in [0.1, 0.15) is 54.5 Å². The molecule has 4 rings (SSSR count). The monoisotopic (exact) mass is 431 g/mol. The zero-order chi connectivity index (χ0) is 22.2. The van der Waals surface area contributed by atoms with E-state index in [0.29, 0.717) is 22.6 Å². The molecule has 1 unspecified atom stereocenters. The van der Waals surface area contributed by atoms with Crippen molar-refractivity contribution < 1.29 is 18.4 Å². The number of nitrogens with one attached hydrogen (secondary N) is 2. The molecule has 1 fully saturated rings. The topological polar surface area (TPSA) is 106 Å². The van der Waals surface area contributed by atoms with Crippen molar-refractivity contribution in [2.24, 2.45) is 5.92 Å². The highest BCUT2D eigenvalue weighted by Crippen LogP contribution is 2.50. The van der Waals surface area contributed by atoms with Gasteiger partial charge in [-0.3, -0.25) is 14.3 Å². The molecule has 3 heterocycles. The summed E-state index contributed by atoms with van der Waals surface area (Å²) in [4.78, 5) is 28.7. The normalized spacial score (nSPS) is 17.1. The lowest BCUT2D eigenvalue weighted by molar-refractivity contribution is -0.122. The Hall–Kier alpha value is -3.37. The second kappa shape index (κ2) is 8.05. The van der Waals surface area contributed by atoms with Crippen LogP contribution in [0.25, 0.3) is 5.65 Å². The SMILES string of the molecule is CC(C)n1nccc1C(=O)NCc1cn2ncc(CNC(=O)CC3CC3(F)F)cc2n1. The second-order valence-electron chi connectivity index (χ2n) is 7.98. The van der Waals surface area contributed by atoms with E-state index in [0.717, 1.165) is 0 Å². The predicted octanol–water partition coefficient (Wildman–Crippen LogP) is 2.10. The molecule has 0 aliphatic heterocycles. The Morgan fingerprint density at radius 1 is 1.26 bits per heavy atom. The van der Waals surface area contributed by atoms with Gasteiger partial charge in [-0.15, -0.1) is 0 Å². The van der Waals surface area contributed by atoms with Gasteiger partial charge < -0.3 is 10.6 Å². The number of halogens is 2. The maximum atomic E-state index is 12.9. The third-order valence-corrected chi connectivity index (χ3v) is 5.13. The van der Waals surface area contributed by atoms with Gasteiger partial charge in [-0.2, -0.15) is 10.2 Å². The van der Waals surface area contributed by atoms with E-state index in [1.165, 1.54) is 0 Å². The number of hydrogen-bond donors (Lipinski definition) is 2. The van der Waals surface area contributed by atoms with Crippen LogP contribution in [0.15, 0.2) is 30.7 Å². The molecule has 0 saturated heterocycles. The summed E-state index contributed by atoms with van der Waals surface area (Å²) < 4.78 is 29.0. The summed E-state index contributed by atoms with van der Waals surface area (Å²) in [6.45, 7) is 4.28. The minimum atomic E-state index is -2.70. The molecular formula is C20H23F2N7O2. The number of rotatable bonds is 8. The average Bonchev–Trinajstić information content (AvgIpc) is 3.13. The first-order chi connectivity index (χ1) is 14.7. The highest BCUT2D eigenvalue weighted by Gasteiger charge is 2.57. The molecule has 3 aromatic heterocycles. The summed E-state index contributed by atoms with van der Waals surface area (Å²) in [5.41, 5.74) is 2.34. The first kappa shape index (κ1) is 20.9. The van der Waals surface area contributed by atoms with E-state index >= 15 is 0 Å². The van der Waals surface area contributed by atoms with Gasteiger partial charge in [0.25, 0.3) is 11.8 Å². The first-order valence-electron chi connectivity index (χ1n) is 10.0. The molecule has 0 spiro atoms. The summed E-state index contributed by atoms with van der Waals surface area (Å²) in [6.07, 6.45) is 4.46. The molecule has 1 aliphatic rings. The molecular weight excluding hydrogens is 408 g/mol. The zero-order valence-corrected chi connectivity index (χ0v) is 17.2. The Kier molecular flexibility index (Phi) is 5.42. The largest absolute Gasteiger partial charge is 0.352 e. The van der Waals surface area contributed by atoms with Crippen LogP contribution in [0.3, 0.4) is 0 Å². The third kappa shape index (κ3) is 4.70. The molecule has 3 aromatic rings. The van der Waals surface area contributed by atoms with Gasteiger partial charge in [0, 0.05) is 37.5 Å². The second-order valence-corrected chi connectivity index (χ2v) is 7.98. The Bertz CT molecular complexity index is 1120. The molecule has 2 amide bonds. The van der Waals surface area contributed by atoms with Crippen molar-refractivity contribution in [3.63, 3.8) is 0 Å². The third-order valence-electron chi connectivity index (χ3n) is 5.13. The van der Waals surface area contributed by atoms with Crippen molar-refractivity contribution >= 4 is 17.5 Å². The fraction of sp³-hybridized carbons (Fsp3) is 0.450. The molecule has 0 aromatic carbocycles. The van der Waals surface area contributed by atoms with Crippen molar-refractivity contribution in [2.45, 2.75) is 51.7 Å². The standard InChI is InChI=1S/C20H23F2N7O2/c1-12(2)29-16(3-4-25-29)19(31)24-10-15-11-28-17(27-15)5-13(9-26-28)8-23-18(30)6-14-7-20(14,21)22/h3-5,9,11-12,14H,6-8,10H2,1-2H3,(H,23,30)(H,24,31). The van der Waals surface area contributed by atoms with Crippen LogP contribution in [-0.4, -0.2) is 42.1 Å². The van der Waals surface area contributed by atoms with E-state index in [2.05, 4.69) is 25.8 Å². The average molecular weight is 431 g/mol. The van der Waals surface area contributed by atoms with Crippen LogP contribution in [0, 0.1) is 5.92 Å². The van der Waals surface area contributed by atoms with E-state index in [1.54, 1.807) is 39.9 Å². The molecule has 9 nitrogen and oxygen atoms in total. The van der Waals surface area contributed by atoms with Crippen LogP contribution in [0.2, 0.25) is 0 Å². The summed E-state index contributed by atoms with van der Waals surface area (Å²) >= 11 is 0. The maximum Gasteiger partial charge on any atom is 0.269 e. The van der Waals surface area contributed by atoms with Crippen LogP contribution in [-0.2, 0) is 17.9 Å². The number of fused-ring (bicyclic) bond motifs is 1. The molecule has 0 radical (unpaired) electrons. The summed E-state index contributed by atoms with van der Waals surface area (Å²) in [5, 5.41) is 13.9. The number of amides is 2. The molecule has 1 aliphatic carbocycles. The molecule has 164 valence electrons. The number of carbonyl (C=O) groups is 2. The summed E-state index contributed by atoms with van der Waals surface area (Å²) in [6, 6.07) is 3.47. The van der Waals surface area contributed by atoms with E-state index < -0.39 is 17.7 Å². The molecule has 0 bridgehead atoms. The molecule has 1 atom stereocenters. The molecule has 11 heteroatoms. The van der Waals surface area contributed by atoms with Gasteiger partial charge >= 0.3 is 0 Å². The van der Waals surface area contributed by atoms with E-state index in [1.807, 2.05) is 13.8 Å². The maximum absolute atomic E-state index is 12.9. The van der Waals surface area contributed by atoms with Gasteiger partial charge in [0.1, 0.15) is 5.69 Å². The number of hydrogen-bond acceptors (Lipinski definition) is 5. The lowest BCUT2D eigenvalue weighted by atomic mass is 10.2. The minimum absolute atomic E-state index is 0.0646. The van der Waals surface area contributed by atoms with Gasteiger partial charge in [0.2, 0.25) is 5.91 Å². The van der Waals surface area contributed by atoms with Crippen molar-refractivity contribution in [1.82, 2.24) is 35.0 Å². The van der Waals surface area contributed by atoms with E-state index in [9.17, 15) is 18.4 Å². The molecule has 2 N–H and O–H groups in total. The van der Waals surface area contributed by atoms with Crippen molar-refractivity contribution in [3.05, 3.63) is 47.7 Å². The van der Waals surface area contributed by atoms with Gasteiger partial charge in [-0.25, -0.2) is 18.3 Å². The fourth-order valence-electron chi connectivity index (χ4n) is 3.30. The Morgan fingerprint density at radius 2 is 2.03 bits per heavy atom. The molecule has 31 heavy (non-hydrogen) atoms. The Labute approximate surface area is 176 Å². The van der Waals surface area contributed by atoms with E-state index in [4.69, 9.17) is 0 Å². The Balaban J connectivity index is 1.33. The number of nitrogens with zero attached hydrogens (tertiary/aromatic N) is 5. The number of aromatic nitrogens is 5. The number of carbonyl (C=O) groups excluding carboxylic acids is 2. The van der Waals surface area contributed by atoms with Gasteiger partial charge in [0.05, 0.1) is 24.6 Å². The van der Waals surface area contributed by atoms with Crippen LogP contribution < -0.4 is 10.6 Å². The van der Waals surface area contributed by atoms with Gasteiger partial charge in [0.15, 0.2) is 5.65 Å².